The monoisotopic (exact) mass is 360 g/mol. The Morgan fingerprint density at radius 3 is 2.96 bits per heavy atom. The van der Waals surface area contributed by atoms with E-state index in [4.69, 9.17) is 9.68 Å². The van der Waals surface area contributed by atoms with Crippen molar-refractivity contribution in [2.24, 2.45) is 5.16 Å². The summed E-state index contributed by atoms with van der Waals surface area (Å²) in [5.74, 6) is -0.997. The first-order valence-electron chi connectivity index (χ1n) is 7.70. The number of anilines is 1. The standard InChI is InChI=1S/C15H13FN6O4/c1-9(23)22-8-12-7-20(15(24)25-12)11-2-3-14(13(16)4-11)21-6-10(18-19-21)5-17-26-22/h2-6,12H,7-8H2,1H3/t12-/m0/s1. The number of amides is 2. The fraction of sp³-hybridized carbons (Fsp3) is 0.267. The number of carbonyl (C=O) groups excluding carboxylic acids is 2. The number of rotatable bonds is 0. The molecule has 0 radical (unpaired) electrons. The molecular weight excluding hydrogens is 347 g/mol. The van der Waals surface area contributed by atoms with Crippen LogP contribution in [0.1, 0.15) is 12.6 Å². The SMILES string of the molecule is CC(=O)N1C[C@@H]2CN(C(=O)O2)c2ccc(c(F)c2)-n2cc(nn2)C=NO1. The van der Waals surface area contributed by atoms with Crippen LogP contribution in [0.15, 0.2) is 29.6 Å². The summed E-state index contributed by atoms with van der Waals surface area (Å²) >= 11 is 0. The molecule has 0 N–H and O–H groups in total. The summed E-state index contributed by atoms with van der Waals surface area (Å²) in [5.41, 5.74) is 0.801. The fourth-order valence-corrected chi connectivity index (χ4v) is 2.67. The predicted molar refractivity (Wildman–Crippen MR) is 85.0 cm³/mol. The van der Waals surface area contributed by atoms with Crippen LogP contribution in [0.2, 0.25) is 0 Å². The highest BCUT2D eigenvalue weighted by Gasteiger charge is 2.35. The topological polar surface area (TPSA) is 102 Å². The molecule has 26 heavy (non-hydrogen) atoms. The number of nitrogens with zero attached hydrogens (tertiary/aromatic N) is 6. The van der Waals surface area contributed by atoms with Gasteiger partial charge in [0.1, 0.15) is 24.0 Å². The Kier molecular flexibility index (Phi) is 3.75. The van der Waals surface area contributed by atoms with Crippen molar-refractivity contribution < 1.29 is 23.7 Å². The molecule has 3 aliphatic rings. The highest BCUT2D eigenvalue weighted by molar-refractivity contribution is 5.90. The van der Waals surface area contributed by atoms with Gasteiger partial charge in [0.15, 0.2) is 5.82 Å². The third-order valence-electron chi connectivity index (χ3n) is 3.93. The minimum Gasteiger partial charge on any atom is -0.442 e. The number of oxime groups is 1. The average molecular weight is 360 g/mol. The molecule has 0 unspecified atom stereocenters. The van der Waals surface area contributed by atoms with Gasteiger partial charge in [-0.25, -0.2) is 13.9 Å². The molecular formula is C15H13FN6O4. The van der Waals surface area contributed by atoms with Gasteiger partial charge in [0.05, 0.1) is 24.6 Å². The molecule has 5 rings (SSSR count). The predicted octanol–water partition coefficient (Wildman–Crippen LogP) is 0.859. The van der Waals surface area contributed by atoms with Crippen molar-refractivity contribution in [2.75, 3.05) is 18.0 Å². The van der Waals surface area contributed by atoms with Crippen LogP contribution in [-0.2, 0) is 14.5 Å². The molecule has 3 aliphatic heterocycles. The Bertz CT molecular complexity index is 913. The highest BCUT2D eigenvalue weighted by atomic mass is 19.1. The minimum absolute atomic E-state index is 0.0256. The van der Waals surface area contributed by atoms with Gasteiger partial charge in [0.25, 0.3) is 5.91 Å². The molecule has 1 atom stereocenters. The molecule has 0 spiro atoms. The van der Waals surface area contributed by atoms with E-state index in [1.165, 1.54) is 41.0 Å². The second-order valence-corrected chi connectivity index (χ2v) is 5.74. The second-order valence-electron chi connectivity index (χ2n) is 5.74. The van der Waals surface area contributed by atoms with E-state index in [1.807, 2.05) is 0 Å². The van der Waals surface area contributed by atoms with Crippen LogP contribution in [0.3, 0.4) is 0 Å². The first-order chi connectivity index (χ1) is 12.5. The fourth-order valence-electron chi connectivity index (χ4n) is 2.67. The van der Waals surface area contributed by atoms with Crippen LogP contribution in [0.4, 0.5) is 14.9 Å². The van der Waals surface area contributed by atoms with E-state index in [-0.39, 0.29) is 18.8 Å². The molecule has 11 heteroatoms. The molecule has 1 aromatic heterocycles. The van der Waals surface area contributed by atoms with Gasteiger partial charge in [-0.05, 0) is 18.2 Å². The number of ether oxygens (including phenoxy) is 1. The molecule has 0 saturated carbocycles. The Balaban J connectivity index is 1.77. The zero-order chi connectivity index (χ0) is 18.3. The van der Waals surface area contributed by atoms with Crippen LogP contribution in [0.5, 0.6) is 0 Å². The first-order valence-corrected chi connectivity index (χ1v) is 7.70. The van der Waals surface area contributed by atoms with Crippen molar-refractivity contribution in [1.82, 2.24) is 20.1 Å². The largest absolute Gasteiger partial charge is 0.442 e. The van der Waals surface area contributed by atoms with E-state index in [0.717, 1.165) is 5.06 Å². The summed E-state index contributed by atoms with van der Waals surface area (Å²) in [6.45, 7) is 1.41. The molecule has 1 aromatic carbocycles. The van der Waals surface area contributed by atoms with Crippen molar-refractivity contribution in [1.29, 1.82) is 0 Å². The molecule has 4 heterocycles. The molecule has 134 valence electrons. The number of carbonyl (C=O) groups is 2. The number of hydrogen-bond donors (Lipinski definition) is 0. The third kappa shape index (κ3) is 2.83. The summed E-state index contributed by atoms with van der Waals surface area (Å²) < 4.78 is 21.0. The van der Waals surface area contributed by atoms with Gasteiger partial charge in [0, 0.05) is 6.92 Å². The lowest BCUT2D eigenvalue weighted by atomic mass is 10.2. The smallest absolute Gasteiger partial charge is 0.414 e. The molecule has 2 amide bonds. The van der Waals surface area contributed by atoms with Gasteiger partial charge in [-0.1, -0.05) is 10.4 Å². The number of hydroxylamine groups is 2. The molecule has 1 fully saturated rings. The number of halogens is 1. The van der Waals surface area contributed by atoms with Gasteiger partial charge in [-0.15, -0.1) is 10.2 Å². The second kappa shape index (κ2) is 6.10. The molecule has 0 aliphatic carbocycles. The Morgan fingerprint density at radius 1 is 1.35 bits per heavy atom. The molecule has 6 bridgehead atoms. The summed E-state index contributed by atoms with van der Waals surface area (Å²) in [6, 6.07) is 4.28. The van der Waals surface area contributed by atoms with Crippen LogP contribution in [0, 0.1) is 5.82 Å². The van der Waals surface area contributed by atoms with E-state index >= 15 is 0 Å². The zero-order valence-corrected chi connectivity index (χ0v) is 13.6. The van der Waals surface area contributed by atoms with E-state index < -0.39 is 23.9 Å². The van der Waals surface area contributed by atoms with Gasteiger partial charge in [-0.3, -0.25) is 14.6 Å². The normalized spacial score (nSPS) is 19.0. The van der Waals surface area contributed by atoms with Crippen LogP contribution in [-0.4, -0.2) is 57.5 Å². The van der Waals surface area contributed by atoms with E-state index in [9.17, 15) is 14.0 Å². The summed E-state index contributed by atoms with van der Waals surface area (Å²) in [7, 11) is 0. The molecule has 2 aromatic rings. The van der Waals surface area contributed by atoms with Crippen molar-refractivity contribution in [3.8, 4) is 5.69 Å². The summed E-state index contributed by atoms with van der Waals surface area (Å²) in [4.78, 5) is 30.2. The van der Waals surface area contributed by atoms with Gasteiger partial charge in [-0.2, -0.15) is 0 Å². The maximum absolute atomic E-state index is 14.5. The number of benzene rings is 1. The van der Waals surface area contributed by atoms with E-state index in [0.29, 0.717) is 11.4 Å². The number of hydrogen-bond acceptors (Lipinski definition) is 7. The Hall–Kier alpha value is -3.50. The molecule has 1 saturated heterocycles. The lowest BCUT2D eigenvalue weighted by molar-refractivity contribution is -0.189. The molecule has 10 nitrogen and oxygen atoms in total. The van der Waals surface area contributed by atoms with Crippen molar-refractivity contribution in [3.63, 3.8) is 0 Å². The maximum atomic E-state index is 14.5. The van der Waals surface area contributed by atoms with E-state index in [2.05, 4.69) is 15.5 Å². The van der Waals surface area contributed by atoms with Gasteiger partial charge < -0.3 is 4.74 Å². The lowest BCUT2D eigenvalue weighted by Gasteiger charge is -2.19. The quantitative estimate of drug-likeness (QED) is 0.690. The Morgan fingerprint density at radius 2 is 2.19 bits per heavy atom. The van der Waals surface area contributed by atoms with Crippen molar-refractivity contribution in [2.45, 2.75) is 13.0 Å². The van der Waals surface area contributed by atoms with Crippen LogP contribution in [0.25, 0.3) is 5.69 Å². The average Bonchev–Trinajstić information content (AvgIpc) is 3.19. The van der Waals surface area contributed by atoms with Gasteiger partial charge in [0.2, 0.25) is 0 Å². The van der Waals surface area contributed by atoms with Crippen molar-refractivity contribution in [3.05, 3.63) is 35.9 Å². The van der Waals surface area contributed by atoms with Gasteiger partial charge >= 0.3 is 6.09 Å². The van der Waals surface area contributed by atoms with Crippen molar-refractivity contribution >= 4 is 23.9 Å². The first kappa shape index (κ1) is 16.0. The number of aromatic nitrogens is 3. The minimum atomic E-state index is -0.645. The zero-order valence-electron chi connectivity index (χ0n) is 13.6. The Labute approximate surface area is 146 Å². The maximum Gasteiger partial charge on any atom is 0.414 e. The number of fused-ring (bicyclic) bond motifs is 5. The van der Waals surface area contributed by atoms with E-state index in [1.54, 1.807) is 6.07 Å². The van der Waals surface area contributed by atoms with Crippen LogP contribution >= 0.6 is 0 Å². The van der Waals surface area contributed by atoms with Crippen LogP contribution < -0.4 is 4.90 Å². The third-order valence-corrected chi connectivity index (χ3v) is 3.93. The highest BCUT2D eigenvalue weighted by Crippen LogP contribution is 2.25. The summed E-state index contributed by atoms with van der Waals surface area (Å²) in [5, 5.41) is 12.3. The lowest BCUT2D eigenvalue weighted by Crippen LogP contribution is -2.37. The summed E-state index contributed by atoms with van der Waals surface area (Å²) in [6.07, 6.45) is 1.40.